The molecule has 0 unspecified atom stereocenters. The first-order valence-electron chi connectivity index (χ1n) is 8.72. The number of hydrogen-bond donors (Lipinski definition) is 3. The fourth-order valence-electron chi connectivity index (χ4n) is 2.55. The van der Waals surface area contributed by atoms with Crippen LogP contribution in [0.15, 0.2) is 27.5 Å². The zero-order valence-corrected chi connectivity index (χ0v) is 17.0. The molecule has 11 nitrogen and oxygen atoms in total. The van der Waals surface area contributed by atoms with Gasteiger partial charge in [-0.3, -0.25) is 9.59 Å². The van der Waals surface area contributed by atoms with Crippen molar-refractivity contribution in [3.8, 4) is 5.75 Å². The monoisotopic (exact) mass is 437 g/mol. The number of amides is 1. The van der Waals surface area contributed by atoms with E-state index in [0.717, 1.165) is 5.56 Å². The number of H-pyrrole nitrogens is 1. The maximum Gasteiger partial charge on any atom is 0.374 e. The molecule has 0 saturated carbocycles. The Morgan fingerprint density at radius 2 is 2.10 bits per heavy atom. The lowest BCUT2D eigenvalue weighted by atomic mass is 10.1. The van der Waals surface area contributed by atoms with Gasteiger partial charge in [-0.15, -0.1) is 12.4 Å². The molecule has 0 fully saturated rings. The van der Waals surface area contributed by atoms with E-state index in [0.29, 0.717) is 23.7 Å². The Morgan fingerprint density at radius 3 is 2.80 bits per heavy atom. The standard InChI is InChI=1S/C9H9N3O4.C9H10N2O2.ClH/c1-3-15-9(14)6-10-7(13)5-4(2)12-16-8(5)11-6;10-4-6-1-2-8-7(3-6)11-9(12)5-13-8;/h3H2,1-2H3,(H,10,11,13);1-3H,4-5,10H2,(H,11,12);1H. The van der Waals surface area contributed by atoms with Crippen LogP contribution in [0.5, 0.6) is 5.75 Å². The average molecular weight is 438 g/mol. The number of nitrogens with two attached hydrogens (primary N) is 1. The minimum atomic E-state index is -0.699. The van der Waals surface area contributed by atoms with Crippen LogP contribution in [0.25, 0.3) is 11.1 Å². The van der Waals surface area contributed by atoms with Gasteiger partial charge >= 0.3 is 5.97 Å². The molecule has 30 heavy (non-hydrogen) atoms. The van der Waals surface area contributed by atoms with Crippen molar-refractivity contribution in [2.24, 2.45) is 5.73 Å². The number of benzene rings is 1. The molecule has 3 heterocycles. The molecule has 1 aliphatic rings. The number of anilines is 1. The maximum atomic E-state index is 11.6. The van der Waals surface area contributed by atoms with Crippen LogP contribution in [-0.2, 0) is 16.1 Å². The van der Waals surface area contributed by atoms with Gasteiger partial charge in [-0.25, -0.2) is 4.79 Å². The first-order chi connectivity index (χ1) is 13.9. The third-order valence-corrected chi connectivity index (χ3v) is 3.90. The number of ether oxygens (including phenoxy) is 2. The molecule has 0 atom stereocenters. The molecule has 1 aromatic carbocycles. The number of esters is 1. The lowest BCUT2D eigenvalue weighted by Crippen LogP contribution is -2.25. The van der Waals surface area contributed by atoms with Crippen molar-refractivity contribution in [2.75, 3.05) is 18.5 Å². The van der Waals surface area contributed by atoms with Gasteiger partial charge in [-0.1, -0.05) is 11.2 Å². The summed E-state index contributed by atoms with van der Waals surface area (Å²) in [5.41, 5.74) is 7.14. The van der Waals surface area contributed by atoms with Crippen LogP contribution in [-0.4, -0.2) is 40.2 Å². The van der Waals surface area contributed by atoms with Gasteiger partial charge < -0.3 is 30.0 Å². The smallest absolute Gasteiger partial charge is 0.374 e. The fourth-order valence-corrected chi connectivity index (χ4v) is 2.55. The molecule has 0 radical (unpaired) electrons. The highest BCUT2D eigenvalue weighted by molar-refractivity contribution is 5.95. The third kappa shape index (κ3) is 4.93. The van der Waals surface area contributed by atoms with Gasteiger partial charge in [0.25, 0.3) is 17.2 Å². The normalized spacial score (nSPS) is 11.9. The molecule has 2 aromatic heterocycles. The molecule has 3 aromatic rings. The van der Waals surface area contributed by atoms with Gasteiger partial charge in [0, 0.05) is 6.54 Å². The Bertz CT molecular complexity index is 1130. The van der Waals surface area contributed by atoms with Gasteiger partial charge in [-0.2, -0.15) is 4.98 Å². The highest BCUT2D eigenvalue weighted by atomic mass is 35.5. The van der Waals surface area contributed by atoms with Crippen LogP contribution >= 0.6 is 12.4 Å². The Hall–Kier alpha value is -3.44. The molecule has 4 N–H and O–H groups in total. The summed E-state index contributed by atoms with van der Waals surface area (Å²) in [5.74, 6) is -0.301. The summed E-state index contributed by atoms with van der Waals surface area (Å²) in [6.07, 6.45) is 0. The summed E-state index contributed by atoms with van der Waals surface area (Å²) in [6.45, 7) is 4.04. The topological polar surface area (TPSA) is 162 Å². The molecular weight excluding hydrogens is 418 g/mol. The Labute approximate surface area is 176 Å². The van der Waals surface area contributed by atoms with E-state index in [1.165, 1.54) is 0 Å². The number of aromatic nitrogens is 3. The number of hydrogen-bond acceptors (Lipinski definition) is 9. The lowest BCUT2D eigenvalue weighted by molar-refractivity contribution is -0.118. The Morgan fingerprint density at radius 1 is 1.33 bits per heavy atom. The number of aryl methyl sites for hydroxylation is 1. The first-order valence-corrected chi connectivity index (χ1v) is 8.72. The third-order valence-electron chi connectivity index (χ3n) is 3.90. The Kier molecular flexibility index (Phi) is 7.50. The van der Waals surface area contributed by atoms with Gasteiger partial charge in [0.2, 0.25) is 5.82 Å². The molecule has 0 bridgehead atoms. The van der Waals surface area contributed by atoms with E-state index >= 15 is 0 Å². The maximum absolute atomic E-state index is 11.6. The zero-order chi connectivity index (χ0) is 21.0. The summed E-state index contributed by atoms with van der Waals surface area (Å²) in [6, 6.07) is 5.53. The van der Waals surface area contributed by atoms with Crippen molar-refractivity contribution in [1.82, 2.24) is 15.1 Å². The SMILES string of the molecule is CCOC(=O)c1nc2onc(C)c2c(=O)[nH]1.Cl.NCc1ccc2c(c1)NC(=O)CO2. The predicted octanol–water partition coefficient (Wildman–Crippen LogP) is 1.29. The first kappa shape index (κ1) is 22.8. The summed E-state index contributed by atoms with van der Waals surface area (Å²) in [4.78, 5) is 40.0. The van der Waals surface area contributed by atoms with Crippen LogP contribution in [0.1, 0.15) is 28.8 Å². The van der Waals surface area contributed by atoms with Gasteiger partial charge in [-0.05, 0) is 31.5 Å². The molecule has 0 spiro atoms. The number of nitrogens with zero attached hydrogens (tertiary/aromatic N) is 2. The van der Waals surface area contributed by atoms with Crippen molar-refractivity contribution >= 4 is 41.1 Å². The van der Waals surface area contributed by atoms with E-state index in [1.807, 2.05) is 18.2 Å². The number of nitrogens with one attached hydrogen (secondary N) is 2. The highest BCUT2D eigenvalue weighted by Gasteiger charge is 2.17. The minimum Gasteiger partial charge on any atom is -0.482 e. The van der Waals surface area contributed by atoms with Gasteiger partial charge in [0.05, 0.1) is 18.0 Å². The van der Waals surface area contributed by atoms with Crippen molar-refractivity contribution in [3.63, 3.8) is 0 Å². The van der Waals surface area contributed by atoms with Gasteiger partial charge in [0.1, 0.15) is 11.1 Å². The summed E-state index contributed by atoms with van der Waals surface area (Å²) in [7, 11) is 0. The average Bonchev–Trinajstić information content (AvgIpc) is 3.09. The fraction of sp³-hybridized carbons (Fsp3) is 0.278. The molecular formula is C18H20ClN5O6. The number of halogens is 1. The Balaban J connectivity index is 0.000000211. The van der Waals surface area contributed by atoms with Crippen molar-refractivity contribution in [2.45, 2.75) is 20.4 Å². The summed E-state index contributed by atoms with van der Waals surface area (Å²) >= 11 is 0. The quantitative estimate of drug-likeness (QED) is 0.512. The summed E-state index contributed by atoms with van der Waals surface area (Å²) in [5, 5.41) is 6.55. The highest BCUT2D eigenvalue weighted by Crippen LogP contribution is 2.28. The second-order valence-electron chi connectivity index (χ2n) is 5.95. The number of aromatic amines is 1. The number of rotatable bonds is 3. The van der Waals surface area contributed by atoms with Crippen molar-refractivity contribution in [1.29, 1.82) is 0 Å². The lowest BCUT2D eigenvalue weighted by Gasteiger charge is -2.18. The van der Waals surface area contributed by atoms with E-state index in [1.54, 1.807) is 13.8 Å². The van der Waals surface area contributed by atoms with Crippen LogP contribution < -0.4 is 21.3 Å². The van der Waals surface area contributed by atoms with E-state index in [4.69, 9.17) is 19.7 Å². The molecule has 0 saturated heterocycles. The van der Waals surface area contributed by atoms with Crippen LogP contribution in [0.4, 0.5) is 5.69 Å². The minimum absolute atomic E-state index is 0. The van der Waals surface area contributed by atoms with E-state index in [-0.39, 0.29) is 48.5 Å². The van der Waals surface area contributed by atoms with E-state index in [9.17, 15) is 14.4 Å². The number of carbonyl (C=O) groups excluding carboxylic acids is 2. The van der Waals surface area contributed by atoms with Crippen LogP contribution in [0.3, 0.4) is 0 Å². The molecule has 160 valence electrons. The molecule has 1 aliphatic heterocycles. The molecule has 12 heteroatoms. The van der Waals surface area contributed by atoms with Crippen molar-refractivity contribution in [3.05, 3.63) is 45.6 Å². The predicted molar refractivity (Wildman–Crippen MR) is 109 cm³/mol. The van der Waals surface area contributed by atoms with E-state index in [2.05, 4.69) is 20.4 Å². The molecule has 1 amide bonds. The summed E-state index contributed by atoms with van der Waals surface area (Å²) < 4.78 is 14.7. The number of fused-ring (bicyclic) bond motifs is 2. The van der Waals surface area contributed by atoms with Gasteiger partial charge in [0.15, 0.2) is 6.61 Å². The van der Waals surface area contributed by atoms with Crippen molar-refractivity contribution < 1.29 is 23.6 Å². The molecule has 4 rings (SSSR count). The second kappa shape index (κ2) is 9.85. The van der Waals surface area contributed by atoms with E-state index < -0.39 is 11.5 Å². The van der Waals surface area contributed by atoms with Crippen LogP contribution in [0.2, 0.25) is 0 Å². The molecule has 0 aliphatic carbocycles. The zero-order valence-electron chi connectivity index (χ0n) is 16.2. The van der Waals surface area contributed by atoms with Crippen LogP contribution in [0, 0.1) is 6.92 Å². The second-order valence-corrected chi connectivity index (χ2v) is 5.95. The number of carbonyl (C=O) groups is 2. The largest absolute Gasteiger partial charge is 0.482 e.